The van der Waals surface area contributed by atoms with Crippen LogP contribution >= 0.6 is 0 Å². The van der Waals surface area contributed by atoms with E-state index in [1.54, 1.807) is 7.11 Å². The van der Waals surface area contributed by atoms with Crippen LogP contribution in [0.3, 0.4) is 0 Å². The van der Waals surface area contributed by atoms with E-state index in [0.29, 0.717) is 11.7 Å². The monoisotopic (exact) mass is 215 g/mol. The molecule has 0 aliphatic carbocycles. The fraction of sp³-hybridized carbons (Fsp3) is 0.636. The maximum atomic E-state index is 8.46. The molecule has 0 amide bonds. The molecule has 4 heteroatoms. The Kier molecular flexibility index (Phi) is 7.54. The first-order valence-electron chi connectivity index (χ1n) is 4.99. The van der Waals surface area contributed by atoms with E-state index < -0.39 is 0 Å². The Labute approximate surface area is 91.6 Å². The SMILES string of the molecule is COC(=C\OCO)/C=C(\C)NCC(C)C. The van der Waals surface area contributed by atoms with Crippen LogP contribution in [0.1, 0.15) is 20.8 Å². The fourth-order valence-corrected chi connectivity index (χ4v) is 0.890. The van der Waals surface area contributed by atoms with Crippen LogP contribution < -0.4 is 5.32 Å². The average molecular weight is 215 g/mol. The molecule has 0 aliphatic rings. The molecular formula is C11H21NO3. The first kappa shape index (κ1) is 13.8. The molecule has 0 heterocycles. The van der Waals surface area contributed by atoms with Crippen molar-refractivity contribution in [2.45, 2.75) is 20.8 Å². The molecule has 0 aliphatic heterocycles. The molecular weight excluding hydrogens is 194 g/mol. The van der Waals surface area contributed by atoms with E-state index in [9.17, 15) is 0 Å². The Morgan fingerprint density at radius 1 is 1.47 bits per heavy atom. The van der Waals surface area contributed by atoms with Crippen LogP contribution in [0, 0.1) is 5.92 Å². The number of ether oxygens (including phenoxy) is 2. The Balaban J connectivity index is 4.16. The zero-order chi connectivity index (χ0) is 11.7. The maximum absolute atomic E-state index is 8.46. The summed E-state index contributed by atoms with van der Waals surface area (Å²) in [6.07, 6.45) is 3.19. The first-order chi connectivity index (χ1) is 7.10. The van der Waals surface area contributed by atoms with Gasteiger partial charge in [0, 0.05) is 18.3 Å². The van der Waals surface area contributed by atoms with Crippen molar-refractivity contribution < 1.29 is 14.6 Å². The van der Waals surface area contributed by atoms with Gasteiger partial charge in [-0.25, -0.2) is 0 Å². The Morgan fingerprint density at radius 2 is 2.13 bits per heavy atom. The largest absolute Gasteiger partial charge is 0.493 e. The van der Waals surface area contributed by atoms with Crippen LogP contribution in [0.15, 0.2) is 23.8 Å². The minimum atomic E-state index is -0.348. The number of hydrogen-bond acceptors (Lipinski definition) is 4. The number of rotatable bonds is 7. The zero-order valence-corrected chi connectivity index (χ0v) is 9.91. The molecule has 0 unspecified atom stereocenters. The van der Waals surface area contributed by atoms with Gasteiger partial charge >= 0.3 is 0 Å². The molecule has 0 rings (SSSR count). The molecule has 4 nitrogen and oxygen atoms in total. The van der Waals surface area contributed by atoms with Gasteiger partial charge in [-0.05, 0) is 12.8 Å². The van der Waals surface area contributed by atoms with Gasteiger partial charge in [0.15, 0.2) is 12.6 Å². The van der Waals surface area contributed by atoms with Crippen molar-refractivity contribution in [3.05, 3.63) is 23.8 Å². The summed E-state index contributed by atoms with van der Waals surface area (Å²) in [5.41, 5.74) is 0.998. The lowest BCUT2D eigenvalue weighted by Crippen LogP contribution is -2.17. The summed E-state index contributed by atoms with van der Waals surface area (Å²) in [5, 5.41) is 11.7. The molecule has 15 heavy (non-hydrogen) atoms. The van der Waals surface area contributed by atoms with Crippen LogP contribution in [-0.2, 0) is 9.47 Å². The molecule has 0 spiro atoms. The number of methoxy groups -OCH3 is 1. The number of nitrogens with one attached hydrogen (secondary N) is 1. The second-order valence-corrected chi connectivity index (χ2v) is 3.62. The molecule has 0 atom stereocenters. The van der Waals surface area contributed by atoms with Gasteiger partial charge in [-0.3, -0.25) is 0 Å². The molecule has 0 bridgehead atoms. The second-order valence-electron chi connectivity index (χ2n) is 3.62. The number of aliphatic hydroxyl groups is 1. The summed E-state index contributed by atoms with van der Waals surface area (Å²) in [6.45, 7) is 6.80. The standard InChI is InChI=1S/C11H21NO3/c1-9(2)6-12-10(3)5-11(14-4)7-15-8-13/h5,7,9,12-13H,6,8H2,1-4H3/b10-5+,11-7-. The smallest absolute Gasteiger partial charge is 0.185 e. The lowest BCUT2D eigenvalue weighted by atomic mass is 10.2. The van der Waals surface area contributed by atoms with Crippen LogP contribution in [0.4, 0.5) is 0 Å². The summed E-state index contributed by atoms with van der Waals surface area (Å²) in [5.74, 6) is 1.16. The van der Waals surface area contributed by atoms with Crippen LogP contribution in [0.2, 0.25) is 0 Å². The summed E-state index contributed by atoms with van der Waals surface area (Å²) in [6, 6.07) is 0. The van der Waals surface area contributed by atoms with Crippen molar-refractivity contribution in [1.29, 1.82) is 0 Å². The lowest BCUT2D eigenvalue weighted by molar-refractivity contribution is 0.0545. The first-order valence-corrected chi connectivity index (χ1v) is 4.99. The van der Waals surface area contributed by atoms with Gasteiger partial charge in [-0.15, -0.1) is 0 Å². The molecule has 0 saturated heterocycles. The molecule has 0 aromatic carbocycles. The third-order valence-electron chi connectivity index (χ3n) is 1.66. The Bertz CT molecular complexity index is 222. The van der Waals surface area contributed by atoms with Crippen molar-refractivity contribution in [2.75, 3.05) is 20.4 Å². The normalized spacial score (nSPS) is 12.9. The van der Waals surface area contributed by atoms with E-state index in [0.717, 1.165) is 12.2 Å². The third-order valence-corrected chi connectivity index (χ3v) is 1.66. The molecule has 0 radical (unpaired) electrons. The summed E-state index contributed by atoms with van der Waals surface area (Å²) >= 11 is 0. The van der Waals surface area contributed by atoms with E-state index >= 15 is 0 Å². The van der Waals surface area contributed by atoms with Gasteiger partial charge in [0.1, 0.15) is 6.26 Å². The highest BCUT2D eigenvalue weighted by molar-refractivity contribution is 5.14. The van der Waals surface area contributed by atoms with Gasteiger partial charge in [-0.2, -0.15) is 0 Å². The fourth-order valence-electron chi connectivity index (χ4n) is 0.890. The van der Waals surface area contributed by atoms with Gasteiger partial charge in [0.05, 0.1) is 7.11 Å². The predicted octanol–water partition coefficient (Wildman–Crippen LogP) is 1.59. The van der Waals surface area contributed by atoms with Gasteiger partial charge in [0.2, 0.25) is 0 Å². The van der Waals surface area contributed by atoms with E-state index in [1.165, 1.54) is 6.26 Å². The number of aliphatic hydroxyl groups excluding tert-OH is 1. The summed E-state index contributed by atoms with van der Waals surface area (Å²) in [4.78, 5) is 0. The molecule has 0 fully saturated rings. The highest BCUT2D eigenvalue weighted by atomic mass is 16.6. The quantitative estimate of drug-likeness (QED) is 0.385. The molecule has 88 valence electrons. The van der Waals surface area contributed by atoms with Crippen LogP contribution in [0.25, 0.3) is 0 Å². The van der Waals surface area contributed by atoms with Crippen LogP contribution in [-0.4, -0.2) is 25.6 Å². The van der Waals surface area contributed by atoms with Gasteiger partial charge < -0.3 is 19.9 Å². The molecule has 0 aromatic heterocycles. The summed E-state index contributed by atoms with van der Waals surface area (Å²) < 4.78 is 9.75. The van der Waals surface area contributed by atoms with E-state index in [-0.39, 0.29) is 6.79 Å². The minimum Gasteiger partial charge on any atom is -0.493 e. The minimum absolute atomic E-state index is 0.348. The van der Waals surface area contributed by atoms with E-state index in [1.807, 2.05) is 13.0 Å². The van der Waals surface area contributed by atoms with Crippen molar-refractivity contribution in [3.8, 4) is 0 Å². The molecule has 0 aromatic rings. The third kappa shape index (κ3) is 7.88. The summed E-state index contributed by atoms with van der Waals surface area (Å²) in [7, 11) is 1.55. The maximum Gasteiger partial charge on any atom is 0.185 e. The van der Waals surface area contributed by atoms with Gasteiger partial charge in [0.25, 0.3) is 0 Å². The van der Waals surface area contributed by atoms with Crippen molar-refractivity contribution in [2.24, 2.45) is 5.92 Å². The highest BCUT2D eigenvalue weighted by Gasteiger charge is 1.96. The topological polar surface area (TPSA) is 50.7 Å². The number of hydrogen-bond donors (Lipinski definition) is 2. The van der Waals surface area contributed by atoms with Crippen molar-refractivity contribution >= 4 is 0 Å². The van der Waals surface area contributed by atoms with Crippen LogP contribution in [0.5, 0.6) is 0 Å². The Morgan fingerprint density at radius 3 is 2.60 bits per heavy atom. The van der Waals surface area contributed by atoms with Crippen molar-refractivity contribution in [3.63, 3.8) is 0 Å². The lowest BCUT2D eigenvalue weighted by Gasteiger charge is -2.09. The molecule has 0 saturated carbocycles. The number of allylic oxidation sites excluding steroid dienone is 2. The van der Waals surface area contributed by atoms with Gasteiger partial charge in [-0.1, -0.05) is 13.8 Å². The van der Waals surface area contributed by atoms with E-state index in [2.05, 4.69) is 19.2 Å². The second kappa shape index (κ2) is 8.17. The predicted molar refractivity (Wildman–Crippen MR) is 59.9 cm³/mol. The van der Waals surface area contributed by atoms with Crippen molar-refractivity contribution in [1.82, 2.24) is 5.32 Å². The highest BCUT2D eigenvalue weighted by Crippen LogP contribution is 2.02. The molecule has 2 N–H and O–H groups in total. The Hall–Kier alpha value is -1.16. The average Bonchev–Trinajstić information content (AvgIpc) is 2.21. The van der Waals surface area contributed by atoms with E-state index in [4.69, 9.17) is 14.6 Å². The zero-order valence-electron chi connectivity index (χ0n) is 9.91.